The first-order valence-electron chi connectivity index (χ1n) is 10.5. The van der Waals surface area contributed by atoms with Crippen molar-refractivity contribution in [3.8, 4) is 0 Å². The monoisotopic (exact) mass is 380 g/mol. The third-order valence-corrected chi connectivity index (χ3v) is 5.46. The average Bonchev–Trinajstić information content (AvgIpc) is 2.73. The summed E-state index contributed by atoms with van der Waals surface area (Å²) in [6, 6.07) is 16.5. The minimum atomic E-state index is -0.181. The lowest BCUT2D eigenvalue weighted by Gasteiger charge is -2.35. The number of nitrogens with one attached hydrogen (secondary N) is 1. The first-order chi connectivity index (χ1) is 13.7. The van der Waals surface area contributed by atoms with E-state index in [0.717, 1.165) is 18.4 Å². The predicted molar refractivity (Wildman–Crippen MR) is 113 cm³/mol. The smallest absolute Gasteiger partial charge is 0.274 e. The largest absolute Gasteiger partial charge is 0.300 e. The predicted octanol–water partition coefficient (Wildman–Crippen LogP) is 4.53. The fraction of sp³-hybridized carbons (Fsp3) is 0.458. The third-order valence-electron chi connectivity index (χ3n) is 5.46. The van der Waals surface area contributed by atoms with Gasteiger partial charge in [-0.2, -0.15) is 0 Å². The number of carbonyl (C=O) groups excluding carboxylic acids is 1. The number of hydrogen-bond acceptors (Lipinski definition) is 3. The van der Waals surface area contributed by atoms with Crippen molar-refractivity contribution >= 4 is 5.91 Å². The summed E-state index contributed by atoms with van der Waals surface area (Å²) in [7, 11) is 0. The summed E-state index contributed by atoms with van der Waals surface area (Å²) < 4.78 is 0. The summed E-state index contributed by atoms with van der Waals surface area (Å²) in [5.41, 5.74) is 6.96. The number of hydroxylamine groups is 1. The molecule has 150 valence electrons. The Labute approximate surface area is 168 Å². The Bertz CT molecular complexity index is 754. The molecule has 1 aliphatic rings. The highest BCUT2D eigenvalue weighted by Gasteiger charge is 2.24. The Kier molecular flexibility index (Phi) is 7.63. The maximum absolute atomic E-state index is 12.4. The molecule has 1 unspecified atom stereocenters. The van der Waals surface area contributed by atoms with Crippen LogP contribution in [-0.2, 0) is 24.3 Å². The Morgan fingerprint density at radius 3 is 2.54 bits per heavy atom. The molecular weight excluding hydrogens is 348 g/mol. The number of amides is 1. The maximum Gasteiger partial charge on any atom is 0.274 e. The van der Waals surface area contributed by atoms with E-state index in [1.54, 1.807) is 0 Å². The molecule has 0 spiro atoms. The molecule has 4 nitrogen and oxygen atoms in total. The van der Waals surface area contributed by atoms with Crippen LogP contribution >= 0.6 is 0 Å². The van der Waals surface area contributed by atoms with Crippen LogP contribution in [0.2, 0.25) is 0 Å². The quantitative estimate of drug-likeness (QED) is 0.650. The van der Waals surface area contributed by atoms with Crippen LogP contribution < -0.4 is 5.48 Å². The van der Waals surface area contributed by atoms with Crippen LogP contribution in [0.25, 0.3) is 0 Å². The summed E-state index contributed by atoms with van der Waals surface area (Å²) in [6.07, 6.45) is 5.69. The van der Waals surface area contributed by atoms with E-state index in [0.29, 0.717) is 18.2 Å². The molecule has 1 aliphatic carbocycles. The first-order valence-corrected chi connectivity index (χ1v) is 10.5. The zero-order chi connectivity index (χ0) is 19.8. The molecule has 0 heterocycles. The second-order valence-corrected chi connectivity index (χ2v) is 7.62. The van der Waals surface area contributed by atoms with E-state index in [4.69, 9.17) is 4.84 Å². The molecular formula is C24H32N2O2. The number of rotatable bonds is 9. The van der Waals surface area contributed by atoms with Crippen molar-refractivity contribution in [1.29, 1.82) is 0 Å². The molecule has 0 bridgehead atoms. The van der Waals surface area contributed by atoms with Crippen molar-refractivity contribution in [2.45, 2.75) is 58.6 Å². The molecule has 0 aromatic heterocycles. The van der Waals surface area contributed by atoms with Crippen LogP contribution in [-0.4, -0.2) is 29.9 Å². The molecule has 0 radical (unpaired) electrons. The average molecular weight is 381 g/mol. The fourth-order valence-electron chi connectivity index (χ4n) is 4.06. The Morgan fingerprint density at radius 1 is 1.07 bits per heavy atom. The topological polar surface area (TPSA) is 41.6 Å². The molecule has 28 heavy (non-hydrogen) atoms. The highest BCUT2D eigenvalue weighted by molar-refractivity contribution is 5.93. The van der Waals surface area contributed by atoms with Crippen molar-refractivity contribution in [3.05, 3.63) is 70.8 Å². The van der Waals surface area contributed by atoms with Gasteiger partial charge in [0.1, 0.15) is 0 Å². The molecule has 0 saturated carbocycles. The number of fused-ring (bicyclic) bond motifs is 1. The lowest BCUT2D eigenvalue weighted by Crippen LogP contribution is -2.40. The molecule has 0 aliphatic heterocycles. The Morgan fingerprint density at radius 2 is 1.82 bits per heavy atom. The van der Waals surface area contributed by atoms with Crippen LogP contribution in [0.4, 0.5) is 0 Å². The number of nitrogens with zero attached hydrogens (tertiary/aromatic N) is 1. The van der Waals surface area contributed by atoms with Gasteiger partial charge in [-0.15, -0.1) is 0 Å². The van der Waals surface area contributed by atoms with E-state index in [2.05, 4.69) is 30.3 Å². The summed E-state index contributed by atoms with van der Waals surface area (Å²) in [5.74, 6) is -0.181. The zero-order valence-corrected chi connectivity index (χ0v) is 17.1. The van der Waals surface area contributed by atoms with Gasteiger partial charge in [-0.25, -0.2) is 5.48 Å². The van der Waals surface area contributed by atoms with E-state index in [1.165, 1.54) is 43.5 Å². The number of benzene rings is 2. The lowest BCUT2D eigenvalue weighted by atomic mass is 9.86. The van der Waals surface area contributed by atoms with Gasteiger partial charge in [0, 0.05) is 11.6 Å². The van der Waals surface area contributed by atoms with Gasteiger partial charge < -0.3 is 4.90 Å². The molecule has 4 heteroatoms. The van der Waals surface area contributed by atoms with Gasteiger partial charge in [-0.1, -0.05) is 50.2 Å². The molecule has 1 atom stereocenters. The summed E-state index contributed by atoms with van der Waals surface area (Å²) >= 11 is 0. The van der Waals surface area contributed by atoms with Crippen molar-refractivity contribution in [2.75, 3.05) is 13.1 Å². The van der Waals surface area contributed by atoms with E-state index >= 15 is 0 Å². The first kappa shape index (κ1) is 20.6. The summed E-state index contributed by atoms with van der Waals surface area (Å²) in [5, 5.41) is 0. The van der Waals surface area contributed by atoms with Crippen LogP contribution in [0.15, 0.2) is 48.5 Å². The molecule has 0 fully saturated rings. The fourth-order valence-corrected chi connectivity index (χ4v) is 4.06. The lowest BCUT2D eigenvalue weighted by molar-refractivity contribution is 0.0233. The minimum absolute atomic E-state index is 0.181. The van der Waals surface area contributed by atoms with Gasteiger partial charge in [0.05, 0.1) is 6.61 Å². The van der Waals surface area contributed by atoms with Crippen molar-refractivity contribution in [3.63, 3.8) is 0 Å². The third kappa shape index (κ3) is 5.43. The molecule has 3 rings (SSSR count). The second kappa shape index (κ2) is 10.4. The number of aryl methyl sites for hydroxylation is 1. The van der Waals surface area contributed by atoms with Crippen LogP contribution in [0.1, 0.15) is 60.2 Å². The second-order valence-electron chi connectivity index (χ2n) is 7.62. The van der Waals surface area contributed by atoms with Gasteiger partial charge in [-0.05, 0) is 74.0 Å². The number of hydrogen-bond donors (Lipinski definition) is 1. The van der Waals surface area contributed by atoms with Crippen molar-refractivity contribution in [2.24, 2.45) is 0 Å². The maximum atomic E-state index is 12.4. The van der Waals surface area contributed by atoms with Crippen LogP contribution in [0, 0.1) is 0 Å². The van der Waals surface area contributed by atoms with E-state index < -0.39 is 0 Å². The highest BCUT2D eigenvalue weighted by atomic mass is 16.6. The molecule has 1 amide bonds. The van der Waals surface area contributed by atoms with Gasteiger partial charge >= 0.3 is 0 Å². The van der Waals surface area contributed by atoms with Gasteiger partial charge in [0.2, 0.25) is 0 Å². The van der Waals surface area contributed by atoms with Crippen LogP contribution in [0.3, 0.4) is 0 Å². The molecule has 0 saturated heterocycles. The zero-order valence-electron chi connectivity index (χ0n) is 17.1. The number of carbonyl (C=O) groups is 1. The SMILES string of the molecule is CCCN(CCC)C1CCc2cc(C(=O)NOCc3ccccc3)ccc2C1. The normalized spacial score (nSPS) is 16.0. The molecule has 2 aromatic rings. The van der Waals surface area contributed by atoms with Gasteiger partial charge in [-0.3, -0.25) is 9.63 Å². The van der Waals surface area contributed by atoms with Gasteiger partial charge in [0.15, 0.2) is 0 Å². The van der Waals surface area contributed by atoms with Crippen LogP contribution in [0.5, 0.6) is 0 Å². The summed E-state index contributed by atoms with van der Waals surface area (Å²) in [6.45, 7) is 7.22. The van der Waals surface area contributed by atoms with Crippen molar-refractivity contribution < 1.29 is 9.63 Å². The van der Waals surface area contributed by atoms with E-state index in [-0.39, 0.29) is 5.91 Å². The summed E-state index contributed by atoms with van der Waals surface area (Å²) in [4.78, 5) is 20.4. The highest BCUT2D eigenvalue weighted by Crippen LogP contribution is 2.26. The molecule has 2 aromatic carbocycles. The van der Waals surface area contributed by atoms with E-state index in [9.17, 15) is 4.79 Å². The van der Waals surface area contributed by atoms with Crippen molar-refractivity contribution in [1.82, 2.24) is 10.4 Å². The molecule has 1 N–H and O–H groups in total. The Hall–Kier alpha value is -2.17. The Balaban J connectivity index is 1.57. The van der Waals surface area contributed by atoms with Gasteiger partial charge in [0.25, 0.3) is 5.91 Å². The standard InChI is InChI=1S/C24H32N2O2/c1-3-14-26(15-4-2)23-13-12-20-16-22(11-10-21(20)17-23)24(27)25-28-18-19-8-6-5-7-9-19/h5-11,16,23H,3-4,12-15,17-18H2,1-2H3,(H,25,27). The minimum Gasteiger partial charge on any atom is -0.300 e. The van der Waals surface area contributed by atoms with E-state index in [1.807, 2.05) is 42.5 Å².